The summed E-state index contributed by atoms with van der Waals surface area (Å²) in [4.78, 5) is 43.4. The van der Waals surface area contributed by atoms with Crippen molar-refractivity contribution < 1.29 is 14.4 Å². The number of nitrogens with one attached hydrogen (secondary N) is 3. The van der Waals surface area contributed by atoms with Crippen LogP contribution in [0.25, 0.3) is 0 Å². The number of carbonyl (C=O) groups excluding carboxylic acids is 3. The molecule has 3 rings (SSSR count). The first kappa shape index (κ1) is 16.4. The lowest BCUT2D eigenvalue weighted by molar-refractivity contribution is -0.126. The van der Waals surface area contributed by atoms with Crippen LogP contribution < -0.4 is 16.0 Å². The van der Waals surface area contributed by atoms with Crippen LogP contribution >= 0.6 is 0 Å². The molecule has 0 saturated carbocycles. The number of aromatic nitrogens is 2. The van der Waals surface area contributed by atoms with Crippen LogP contribution in [0.3, 0.4) is 0 Å². The van der Waals surface area contributed by atoms with Crippen molar-refractivity contribution in [2.45, 2.75) is 51.5 Å². The van der Waals surface area contributed by atoms with Gasteiger partial charge in [0.15, 0.2) is 0 Å². The van der Waals surface area contributed by atoms with Gasteiger partial charge in [0.05, 0.1) is 6.42 Å². The van der Waals surface area contributed by atoms with E-state index in [-0.39, 0.29) is 12.3 Å². The van der Waals surface area contributed by atoms with Crippen LogP contribution in [0.2, 0.25) is 0 Å². The molecule has 24 heavy (non-hydrogen) atoms. The zero-order valence-corrected chi connectivity index (χ0v) is 13.6. The highest BCUT2D eigenvalue weighted by Crippen LogP contribution is 2.21. The zero-order valence-electron chi connectivity index (χ0n) is 13.6. The van der Waals surface area contributed by atoms with Gasteiger partial charge in [-0.3, -0.25) is 14.9 Å². The molecule has 1 saturated heterocycles. The van der Waals surface area contributed by atoms with E-state index in [1.54, 1.807) is 0 Å². The molecule has 1 aliphatic heterocycles. The third-order valence-electron chi connectivity index (χ3n) is 4.36. The number of fused-ring (bicyclic) bond motifs is 1. The van der Waals surface area contributed by atoms with Gasteiger partial charge in [0.25, 0.3) is 5.91 Å². The molecule has 3 N–H and O–H groups in total. The van der Waals surface area contributed by atoms with Crippen molar-refractivity contribution >= 4 is 17.8 Å². The lowest BCUT2D eigenvalue weighted by Gasteiger charge is -2.17. The zero-order chi connectivity index (χ0) is 17.1. The van der Waals surface area contributed by atoms with E-state index in [0.29, 0.717) is 13.0 Å². The Bertz CT molecular complexity index is 689. The van der Waals surface area contributed by atoms with Crippen molar-refractivity contribution in [3.63, 3.8) is 0 Å². The van der Waals surface area contributed by atoms with Crippen LogP contribution in [0.4, 0.5) is 4.79 Å². The Morgan fingerprint density at radius 3 is 2.79 bits per heavy atom. The Morgan fingerprint density at radius 1 is 1.25 bits per heavy atom. The largest absolute Gasteiger partial charge is 0.356 e. The Balaban J connectivity index is 1.49. The van der Waals surface area contributed by atoms with E-state index in [2.05, 4.69) is 25.9 Å². The highest BCUT2D eigenvalue weighted by molar-refractivity contribution is 6.05. The lowest BCUT2D eigenvalue weighted by atomic mass is 9.95. The summed E-state index contributed by atoms with van der Waals surface area (Å²) in [5.41, 5.74) is 3.45. The Morgan fingerprint density at radius 2 is 2.04 bits per heavy atom. The number of amides is 4. The summed E-state index contributed by atoms with van der Waals surface area (Å²) in [5.74, 6) is -0.0174. The molecule has 1 aromatic heterocycles. The van der Waals surface area contributed by atoms with Crippen LogP contribution in [-0.2, 0) is 28.9 Å². The minimum atomic E-state index is -0.792. The van der Waals surface area contributed by atoms with Gasteiger partial charge in [-0.25, -0.2) is 14.8 Å². The van der Waals surface area contributed by atoms with Crippen LogP contribution in [0.1, 0.15) is 42.0 Å². The second kappa shape index (κ2) is 6.94. The molecule has 4 amide bonds. The summed E-state index contributed by atoms with van der Waals surface area (Å²) in [5, 5.41) is 7.24. The maximum atomic E-state index is 11.9. The molecule has 2 aliphatic rings. The number of nitrogens with zero attached hydrogens (tertiary/aromatic N) is 2. The summed E-state index contributed by atoms with van der Waals surface area (Å²) in [6, 6.07) is -1.35. The molecular weight excluding hydrogens is 310 g/mol. The summed E-state index contributed by atoms with van der Waals surface area (Å²) < 4.78 is 0. The Hall–Kier alpha value is -2.51. The first-order valence-corrected chi connectivity index (χ1v) is 8.26. The Kier molecular flexibility index (Phi) is 4.73. The first-order valence-electron chi connectivity index (χ1n) is 8.26. The topological polar surface area (TPSA) is 113 Å². The summed E-state index contributed by atoms with van der Waals surface area (Å²) in [6.07, 6.45) is 4.87. The molecule has 8 heteroatoms. The molecule has 0 bridgehead atoms. The van der Waals surface area contributed by atoms with Gasteiger partial charge in [-0.05, 0) is 38.2 Å². The molecule has 1 unspecified atom stereocenters. The third-order valence-corrected chi connectivity index (χ3v) is 4.36. The van der Waals surface area contributed by atoms with E-state index in [0.717, 1.165) is 36.5 Å². The third kappa shape index (κ3) is 3.69. The number of aryl methyl sites for hydroxylation is 2. The van der Waals surface area contributed by atoms with Crippen molar-refractivity contribution in [2.24, 2.45) is 0 Å². The standard InChI is InChI=1S/C16H21N5O3/c1-9-10-4-2-3-5-11(10)19-13(18-9)6-7-17-14(22)8-12-15(23)21-16(24)20-12/h12H,2-8H2,1H3,(H,17,22)(H2,20,21,23,24). The highest BCUT2D eigenvalue weighted by atomic mass is 16.2. The molecule has 0 radical (unpaired) electrons. The van der Waals surface area contributed by atoms with Gasteiger partial charge in [-0.15, -0.1) is 0 Å². The summed E-state index contributed by atoms with van der Waals surface area (Å²) >= 11 is 0. The molecule has 8 nitrogen and oxygen atoms in total. The predicted molar refractivity (Wildman–Crippen MR) is 85.2 cm³/mol. The minimum Gasteiger partial charge on any atom is -0.356 e. The molecular formula is C16H21N5O3. The fourth-order valence-corrected chi connectivity index (χ4v) is 3.13. The second-order valence-corrected chi connectivity index (χ2v) is 6.18. The molecule has 0 spiro atoms. The molecule has 0 aromatic carbocycles. The molecule has 1 aliphatic carbocycles. The predicted octanol–water partition coefficient (Wildman–Crippen LogP) is -0.0794. The number of carbonyl (C=O) groups is 3. The van der Waals surface area contributed by atoms with Gasteiger partial charge in [0.2, 0.25) is 5.91 Å². The second-order valence-electron chi connectivity index (χ2n) is 6.18. The van der Waals surface area contributed by atoms with Gasteiger partial charge in [-0.1, -0.05) is 0 Å². The summed E-state index contributed by atoms with van der Waals surface area (Å²) in [6.45, 7) is 2.41. The van der Waals surface area contributed by atoms with Gasteiger partial charge >= 0.3 is 6.03 Å². The fraction of sp³-hybridized carbons (Fsp3) is 0.562. The molecule has 1 aromatic rings. The van der Waals surface area contributed by atoms with E-state index in [9.17, 15) is 14.4 Å². The van der Waals surface area contributed by atoms with E-state index < -0.39 is 18.0 Å². The normalized spacial score (nSPS) is 19.5. The monoisotopic (exact) mass is 331 g/mol. The van der Waals surface area contributed by atoms with Crippen LogP contribution in [0.5, 0.6) is 0 Å². The molecule has 1 fully saturated rings. The van der Waals surface area contributed by atoms with Crippen molar-refractivity contribution in [3.8, 4) is 0 Å². The molecule has 2 heterocycles. The molecule has 1 atom stereocenters. The van der Waals surface area contributed by atoms with Crippen LogP contribution in [-0.4, -0.2) is 40.4 Å². The SMILES string of the molecule is Cc1nc(CCNC(=O)CC2NC(=O)NC2=O)nc2c1CCCC2. The van der Waals surface area contributed by atoms with Gasteiger partial charge < -0.3 is 10.6 Å². The van der Waals surface area contributed by atoms with Crippen molar-refractivity contribution in [3.05, 3.63) is 22.8 Å². The molecule has 128 valence electrons. The Labute approximate surface area is 139 Å². The van der Waals surface area contributed by atoms with E-state index in [1.165, 1.54) is 12.0 Å². The summed E-state index contributed by atoms with van der Waals surface area (Å²) in [7, 11) is 0. The quantitative estimate of drug-likeness (QED) is 0.653. The number of imide groups is 1. The van der Waals surface area contributed by atoms with Gasteiger partial charge in [0.1, 0.15) is 11.9 Å². The van der Waals surface area contributed by atoms with E-state index >= 15 is 0 Å². The van der Waals surface area contributed by atoms with Gasteiger partial charge in [-0.2, -0.15) is 0 Å². The lowest BCUT2D eigenvalue weighted by Crippen LogP contribution is -2.37. The highest BCUT2D eigenvalue weighted by Gasteiger charge is 2.31. The fourth-order valence-electron chi connectivity index (χ4n) is 3.13. The smallest absolute Gasteiger partial charge is 0.322 e. The van der Waals surface area contributed by atoms with Crippen molar-refractivity contribution in [1.82, 2.24) is 25.9 Å². The van der Waals surface area contributed by atoms with Crippen LogP contribution in [0.15, 0.2) is 0 Å². The van der Waals surface area contributed by atoms with E-state index in [1.807, 2.05) is 6.92 Å². The maximum Gasteiger partial charge on any atom is 0.322 e. The number of urea groups is 1. The van der Waals surface area contributed by atoms with Crippen molar-refractivity contribution in [1.29, 1.82) is 0 Å². The average Bonchev–Trinajstić information content (AvgIpc) is 2.85. The number of hydrogen-bond acceptors (Lipinski definition) is 5. The minimum absolute atomic E-state index is 0.0678. The van der Waals surface area contributed by atoms with Crippen molar-refractivity contribution in [2.75, 3.05) is 6.54 Å². The van der Waals surface area contributed by atoms with Crippen LogP contribution in [0, 0.1) is 6.92 Å². The number of rotatable bonds is 5. The van der Waals surface area contributed by atoms with E-state index in [4.69, 9.17) is 0 Å². The average molecular weight is 331 g/mol. The van der Waals surface area contributed by atoms with Gasteiger partial charge in [0, 0.05) is 24.4 Å². The maximum absolute atomic E-state index is 11.9. The first-order chi connectivity index (χ1) is 11.5. The number of hydrogen-bond donors (Lipinski definition) is 3.